The van der Waals surface area contributed by atoms with Gasteiger partial charge in [0.1, 0.15) is 36.5 Å². The number of benzene rings is 1. The highest BCUT2D eigenvalue weighted by Gasteiger charge is 2.49. The number of aromatic nitrogens is 6. The molecule has 0 aliphatic carbocycles. The third-order valence-corrected chi connectivity index (χ3v) is 11.5. The van der Waals surface area contributed by atoms with Gasteiger partial charge in [-0.15, -0.1) is 5.10 Å². The lowest BCUT2D eigenvalue weighted by Crippen LogP contribution is -2.52. The van der Waals surface area contributed by atoms with Crippen molar-refractivity contribution in [2.24, 2.45) is 0 Å². The van der Waals surface area contributed by atoms with Crippen molar-refractivity contribution in [3.8, 4) is 23.3 Å². The first-order valence-corrected chi connectivity index (χ1v) is 18.8. The van der Waals surface area contributed by atoms with E-state index in [0.717, 1.165) is 17.2 Å². The number of hydrogen-bond acceptors (Lipinski definition) is 11. The van der Waals surface area contributed by atoms with Gasteiger partial charge in [-0.25, -0.2) is 18.6 Å². The summed E-state index contributed by atoms with van der Waals surface area (Å²) in [7, 11) is 0. The third kappa shape index (κ3) is 7.15. The summed E-state index contributed by atoms with van der Waals surface area (Å²) in [4.78, 5) is 32.0. The zero-order valence-corrected chi connectivity index (χ0v) is 32.0. The number of nitrogens with two attached hydrogens (primary N) is 1. The summed E-state index contributed by atoms with van der Waals surface area (Å²) >= 11 is 6.67. The Morgan fingerprint density at radius 1 is 1.23 bits per heavy atom. The molecule has 3 aromatic heterocycles. The summed E-state index contributed by atoms with van der Waals surface area (Å²) in [6, 6.07) is 2.88. The second kappa shape index (κ2) is 14.9. The van der Waals surface area contributed by atoms with Crippen LogP contribution in [-0.2, 0) is 6.18 Å². The minimum Gasteiger partial charge on any atom is -0.461 e. The minimum atomic E-state index is -4.93. The molecule has 6 heterocycles. The number of hydrogen-bond donors (Lipinski definition) is 1. The zero-order valence-electron chi connectivity index (χ0n) is 31.2. The van der Waals surface area contributed by atoms with E-state index in [2.05, 4.69) is 26.3 Å². The van der Waals surface area contributed by atoms with Crippen LogP contribution >= 0.6 is 11.6 Å². The number of anilines is 2. The number of fused-ring (bicyclic) bond motifs is 2. The normalized spacial score (nSPS) is 22.8. The first-order valence-electron chi connectivity index (χ1n) is 18.4. The Hall–Kier alpha value is -4.89. The van der Waals surface area contributed by atoms with Gasteiger partial charge in [0.25, 0.3) is 0 Å². The number of aryl methyl sites for hydroxylation is 1. The van der Waals surface area contributed by atoms with Gasteiger partial charge >= 0.3 is 18.2 Å². The van der Waals surface area contributed by atoms with Crippen molar-refractivity contribution in [1.29, 1.82) is 5.26 Å². The maximum atomic E-state index is 17.0. The number of carbonyl (C=O) groups excluding carboxylic acids is 1. The number of ether oxygens (including phenoxy) is 1. The number of nitrogens with zero attached hydrogens (tertiary/aromatic N) is 10. The van der Waals surface area contributed by atoms with Crippen LogP contribution in [0.2, 0.25) is 5.02 Å². The van der Waals surface area contributed by atoms with Crippen LogP contribution in [0.3, 0.4) is 0 Å². The molecule has 7 rings (SSSR count). The van der Waals surface area contributed by atoms with Crippen LogP contribution in [0.25, 0.3) is 22.2 Å². The van der Waals surface area contributed by atoms with E-state index in [1.165, 1.54) is 17.9 Å². The van der Waals surface area contributed by atoms with Crippen LogP contribution in [-0.4, -0.2) is 102 Å². The average molecular weight is 802 g/mol. The first kappa shape index (κ1) is 39.3. The lowest BCUT2D eigenvalue weighted by Gasteiger charge is -2.42. The molecule has 13 nitrogen and oxygen atoms in total. The van der Waals surface area contributed by atoms with E-state index in [1.807, 2.05) is 30.6 Å². The topological polar surface area (TPSA) is 155 Å². The molecule has 4 atom stereocenters. The molecule has 56 heavy (non-hydrogen) atoms. The Balaban J connectivity index is 1.29. The summed E-state index contributed by atoms with van der Waals surface area (Å²) in [6.45, 7) is 7.95. The Morgan fingerprint density at radius 3 is 2.68 bits per heavy atom. The van der Waals surface area contributed by atoms with Gasteiger partial charge < -0.3 is 20.3 Å². The highest BCUT2D eigenvalue weighted by atomic mass is 35.5. The molecule has 0 spiro atoms. The maximum Gasteiger partial charge on any atom is 0.418 e. The predicted molar refractivity (Wildman–Crippen MR) is 197 cm³/mol. The monoisotopic (exact) mass is 801 g/mol. The van der Waals surface area contributed by atoms with E-state index in [0.29, 0.717) is 31.5 Å². The van der Waals surface area contributed by atoms with Crippen molar-refractivity contribution in [3.63, 3.8) is 0 Å². The molecular weight excluding hydrogens is 761 g/mol. The Bertz CT molecular complexity index is 2210. The molecule has 1 aromatic carbocycles. The molecule has 4 aromatic rings. The van der Waals surface area contributed by atoms with Crippen molar-refractivity contribution in [2.45, 2.75) is 95.7 Å². The van der Waals surface area contributed by atoms with Crippen molar-refractivity contribution in [3.05, 3.63) is 46.0 Å². The summed E-state index contributed by atoms with van der Waals surface area (Å²) < 4.78 is 82.2. The van der Waals surface area contributed by atoms with Crippen LogP contribution in [0.4, 0.5) is 38.4 Å². The number of halogens is 6. The van der Waals surface area contributed by atoms with Gasteiger partial charge in [-0.1, -0.05) is 30.7 Å². The van der Waals surface area contributed by atoms with Crippen molar-refractivity contribution < 1.29 is 31.5 Å². The summed E-state index contributed by atoms with van der Waals surface area (Å²) in [5, 5.41) is 17.5. The van der Waals surface area contributed by atoms with Gasteiger partial charge in [-0.05, 0) is 69.7 Å². The number of piperidine rings is 1. The maximum absolute atomic E-state index is 17.0. The minimum absolute atomic E-state index is 0.0122. The second-order valence-electron chi connectivity index (χ2n) is 15.3. The van der Waals surface area contributed by atoms with Gasteiger partial charge in [-0.2, -0.15) is 33.1 Å². The summed E-state index contributed by atoms with van der Waals surface area (Å²) in [6.07, 6.45) is -1.94. The summed E-state index contributed by atoms with van der Waals surface area (Å²) in [5.41, 5.74) is 2.64. The molecule has 1 unspecified atom stereocenters. The molecule has 1 amide bonds. The number of pyridine rings is 1. The number of nitrogen functional groups attached to an aromatic ring is 1. The molecule has 3 aliphatic rings. The highest BCUT2D eigenvalue weighted by Crippen LogP contribution is 2.46. The van der Waals surface area contributed by atoms with E-state index in [-0.39, 0.29) is 83.8 Å². The highest BCUT2D eigenvalue weighted by molar-refractivity contribution is 6.34. The standard InChI is InChI=1S/C37H41ClF5N11O2/c1-19(2)26-17-54(50-49-26)35(55)53(11-8-44)23-6-10-52(21(4)13-23)33-24-14-25(38)28(32-29(37(41,42)43)20(3)12-27(45)46-32)30(40)31(24)47-34(48-33)56-18-36-7-5-9-51(36)16-22(39)15-36/h12,14,17,19,21-23H,5-7,9-11,13,15-16,18H2,1-4H3,(H2,45,46)/t21-,22+,23?,36-/m0/s1. The number of nitriles is 1. The largest absolute Gasteiger partial charge is 0.461 e. The smallest absolute Gasteiger partial charge is 0.418 e. The fourth-order valence-corrected chi connectivity index (χ4v) is 8.77. The molecule has 3 saturated heterocycles. The fraction of sp³-hybridized carbons (Fsp3) is 0.541. The van der Waals surface area contributed by atoms with Gasteiger partial charge in [0.15, 0.2) is 5.82 Å². The van der Waals surface area contributed by atoms with Gasteiger partial charge in [0.05, 0.1) is 45.3 Å². The molecule has 3 fully saturated rings. The van der Waals surface area contributed by atoms with Gasteiger partial charge in [-0.3, -0.25) is 4.90 Å². The zero-order chi connectivity index (χ0) is 40.3. The van der Waals surface area contributed by atoms with E-state index < -0.39 is 52.6 Å². The van der Waals surface area contributed by atoms with Gasteiger partial charge in [0, 0.05) is 37.0 Å². The Morgan fingerprint density at radius 2 is 2.00 bits per heavy atom. The lowest BCUT2D eigenvalue weighted by atomic mass is 9.95. The van der Waals surface area contributed by atoms with E-state index in [1.54, 1.807) is 6.20 Å². The fourth-order valence-electron chi connectivity index (χ4n) is 8.49. The molecule has 0 radical (unpaired) electrons. The van der Waals surface area contributed by atoms with Crippen LogP contribution in [0.5, 0.6) is 6.01 Å². The third-order valence-electron chi connectivity index (χ3n) is 11.2. The van der Waals surface area contributed by atoms with Crippen LogP contribution < -0.4 is 15.4 Å². The number of carbonyl (C=O) groups is 1. The van der Waals surface area contributed by atoms with E-state index in [4.69, 9.17) is 27.1 Å². The molecule has 0 saturated carbocycles. The van der Waals surface area contributed by atoms with Crippen molar-refractivity contribution >= 4 is 40.2 Å². The molecule has 3 aliphatic heterocycles. The summed E-state index contributed by atoms with van der Waals surface area (Å²) in [5.74, 6) is -1.22. The Labute approximate surface area is 324 Å². The van der Waals surface area contributed by atoms with Crippen LogP contribution in [0.15, 0.2) is 18.3 Å². The second-order valence-corrected chi connectivity index (χ2v) is 15.7. The quantitative estimate of drug-likeness (QED) is 0.146. The molecule has 298 valence electrons. The van der Waals surface area contributed by atoms with E-state index in [9.17, 15) is 27.6 Å². The van der Waals surface area contributed by atoms with Gasteiger partial charge in [0.2, 0.25) is 0 Å². The van der Waals surface area contributed by atoms with Crippen LogP contribution in [0.1, 0.15) is 75.6 Å². The first-order chi connectivity index (χ1) is 26.5. The molecule has 19 heteroatoms. The lowest BCUT2D eigenvalue weighted by molar-refractivity contribution is -0.137. The number of rotatable bonds is 8. The van der Waals surface area contributed by atoms with E-state index >= 15 is 4.39 Å². The molecular formula is C37H41ClF5N11O2. The molecule has 0 bridgehead atoms. The van der Waals surface area contributed by atoms with Crippen molar-refractivity contribution in [1.82, 2.24) is 39.7 Å². The van der Waals surface area contributed by atoms with Crippen LogP contribution in [0, 0.1) is 24.1 Å². The average Bonchev–Trinajstić information content (AvgIpc) is 3.84. The Kier molecular flexibility index (Phi) is 10.5. The SMILES string of the molecule is Cc1cc(N)nc(-c2c(Cl)cc3c(N4CCC(N(CC#N)C(=O)n5cc(C(C)C)nn5)C[C@@H]4C)nc(OC[C@@]45CCCN4C[C@H](F)C5)nc3c2F)c1C(F)(F)F. The number of alkyl halides is 4. The predicted octanol–water partition coefficient (Wildman–Crippen LogP) is 6.92. The molecule has 2 N–H and O–H groups in total. The van der Waals surface area contributed by atoms with Crippen molar-refractivity contribution in [2.75, 3.05) is 43.4 Å². The number of amides is 1.